The van der Waals surface area contributed by atoms with Gasteiger partial charge in [-0.25, -0.2) is 4.79 Å². The molecule has 1 fully saturated rings. The monoisotopic (exact) mass is 455 g/mol. The number of nitrogens with one attached hydrogen (secondary N) is 3. The van der Waals surface area contributed by atoms with E-state index in [2.05, 4.69) is 20.9 Å². The Morgan fingerprint density at radius 1 is 1.19 bits per heavy atom. The minimum Gasteiger partial charge on any atom is -0.481 e. The van der Waals surface area contributed by atoms with Crippen molar-refractivity contribution in [1.29, 1.82) is 0 Å². The number of amides is 5. The molecule has 0 aromatic heterocycles. The molecule has 0 saturated carbocycles. The summed E-state index contributed by atoms with van der Waals surface area (Å²) in [5.41, 5.74) is 10.4. The number of carboxylic acids is 1. The van der Waals surface area contributed by atoms with Gasteiger partial charge >= 0.3 is 12.0 Å². The summed E-state index contributed by atoms with van der Waals surface area (Å²) in [4.78, 5) is 65.0. The van der Waals surface area contributed by atoms with E-state index in [1.807, 2.05) is 13.8 Å². The van der Waals surface area contributed by atoms with E-state index in [1.165, 1.54) is 0 Å². The number of guanidine groups is 1. The van der Waals surface area contributed by atoms with Crippen molar-refractivity contribution in [3.05, 3.63) is 0 Å². The van der Waals surface area contributed by atoms with Crippen molar-refractivity contribution < 1.29 is 29.1 Å². The molecule has 0 radical (unpaired) electrons. The number of rotatable bonds is 13. The number of hydrogen-bond acceptors (Lipinski definition) is 6. The topological polar surface area (TPSA) is 209 Å². The van der Waals surface area contributed by atoms with Crippen LogP contribution in [0.15, 0.2) is 4.99 Å². The Labute approximate surface area is 186 Å². The summed E-state index contributed by atoms with van der Waals surface area (Å²) >= 11 is 0. The van der Waals surface area contributed by atoms with Gasteiger partial charge in [0.05, 0.1) is 6.42 Å². The minimum atomic E-state index is -1.34. The normalized spacial score (nSPS) is 17.5. The third-order valence-electron chi connectivity index (χ3n) is 4.60. The van der Waals surface area contributed by atoms with Crippen LogP contribution in [-0.4, -0.2) is 76.9 Å². The predicted molar refractivity (Wildman–Crippen MR) is 115 cm³/mol. The van der Waals surface area contributed by atoms with Crippen LogP contribution >= 0.6 is 0 Å². The molecule has 1 aliphatic heterocycles. The quantitative estimate of drug-likeness (QED) is 0.0828. The van der Waals surface area contributed by atoms with Gasteiger partial charge in [0.15, 0.2) is 5.96 Å². The first-order valence-electron chi connectivity index (χ1n) is 10.4. The van der Waals surface area contributed by atoms with Crippen molar-refractivity contribution in [1.82, 2.24) is 20.9 Å². The fourth-order valence-corrected chi connectivity index (χ4v) is 3.30. The molecular weight excluding hydrogens is 422 g/mol. The number of nitrogens with two attached hydrogens (primary N) is 2. The first kappa shape index (κ1) is 26.7. The van der Waals surface area contributed by atoms with Crippen LogP contribution in [0.5, 0.6) is 0 Å². The number of carboxylic acid groups (broad SMARTS) is 1. The van der Waals surface area contributed by atoms with Crippen molar-refractivity contribution in [2.24, 2.45) is 22.4 Å². The van der Waals surface area contributed by atoms with Crippen molar-refractivity contribution in [2.75, 3.05) is 13.1 Å². The van der Waals surface area contributed by atoms with E-state index in [1.54, 1.807) is 6.92 Å². The van der Waals surface area contributed by atoms with Crippen LogP contribution in [-0.2, 0) is 19.2 Å². The lowest BCUT2D eigenvalue weighted by Crippen LogP contribution is -2.52. The van der Waals surface area contributed by atoms with Gasteiger partial charge < -0.3 is 32.5 Å². The molecule has 0 aliphatic carbocycles. The summed E-state index contributed by atoms with van der Waals surface area (Å²) in [7, 11) is 0. The van der Waals surface area contributed by atoms with Crippen molar-refractivity contribution in [3.8, 4) is 0 Å². The lowest BCUT2D eigenvalue weighted by Gasteiger charge is -2.22. The molecular formula is C19H33N7O6. The summed E-state index contributed by atoms with van der Waals surface area (Å²) in [6.45, 7) is 5.37. The number of carbonyl (C=O) groups excluding carboxylic acids is 4. The molecule has 5 amide bonds. The van der Waals surface area contributed by atoms with Gasteiger partial charge in [-0.2, -0.15) is 0 Å². The first-order chi connectivity index (χ1) is 14.9. The highest BCUT2D eigenvalue weighted by Gasteiger charge is 2.39. The Kier molecular flexibility index (Phi) is 10.4. The molecule has 3 atom stereocenters. The molecule has 1 unspecified atom stereocenters. The summed E-state index contributed by atoms with van der Waals surface area (Å²) in [6.07, 6.45) is 0.743. The number of aliphatic carboxylic acids is 1. The third-order valence-corrected chi connectivity index (χ3v) is 4.60. The molecule has 13 heteroatoms. The summed E-state index contributed by atoms with van der Waals surface area (Å²) < 4.78 is 0. The van der Waals surface area contributed by atoms with Gasteiger partial charge in [0.2, 0.25) is 11.8 Å². The Morgan fingerprint density at radius 3 is 2.41 bits per heavy atom. The number of nitrogens with zero attached hydrogens (tertiary/aromatic N) is 2. The molecule has 0 aromatic carbocycles. The molecule has 32 heavy (non-hydrogen) atoms. The highest BCUT2D eigenvalue weighted by Crippen LogP contribution is 2.11. The van der Waals surface area contributed by atoms with Crippen LogP contribution in [0.2, 0.25) is 0 Å². The van der Waals surface area contributed by atoms with Gasteiger partial charge in [0, 0.05) is 12.6 Å². The second-order valence-electron chi connectivity index (χ2n) is 8.13. The number of imide groups is 1. The molecule has 1 rings (SSSR count). The Morgan fingerprint density at radius 2 is 1.84 bits per heavy atom. The lowest BCUT2D eigenvalue weighted by molar-refractivity contribution is -0.141. The molecule has 0 spiro atoms. The molecule has 1 aliphatic rings. The molecule has 8 N–H and O–H groups in total. The Hall–Kier alpha value is -3.38. The number of carbonyl (C=O) groups is 5. The summed E-state index contributed by atoms with van der Waals surface area (Å²) in [5, 5.41) is 16.5. The van der Waals surface area contributed by atoms with E-state index in [4.69, 9.17) is 16.6 Å². The second-order valence-corrected chi connectivity index (χ2v) is 8.13. The van der Waals surface area contributed by atoms with Gasteiger partial charge in [0.25, 0.3) is 5.91 Å². The zero-order chi connectivity index (χ0) is 24.4. The SMILES string of the molecule is CC(C)CC(C)NC(=O)[C@H](CC(=O)O)NC(=O)CN1C(=O)N[C@@H](CCCN=C(N)N)C1=O. The van der Waals surface area contributed by atoms with Crippen LogP contribution in [0.25, 0.3) is 0 Å². The largest absolute Gasteiger partial charge is 0.481 e. The summed E-state index contributed by atoms with van der Waals surface area (Å²) in [6, 6.07) is -3.13. The third kappa shape index (κ3) is 9.18. The van der Waals surface area contributed by atoms with E-state index < -0.39 is 54.8 Å². The van der Waals surface area contributed by atoms with Gasteiger partial charge in [-0.15, -0.1) is 0 Å². The highest BCUT2D eigenvalue weighted by atomic mass is 16.4. The average Bonchev–Trinajstić information content (AvgIpc) is 2.91. The smallest absolute Gasteiger partial charge is 0.325 e. The van der Waals surface area contributed by atoms with E-state index in [0.29, 0.717) is 18.8 Å². The molecule has 180 valence electrons. The first-order valence-corrected chi connectivity index (χ1v) is 10.4. The van der Waals surface area contributed by atoms with Crippen LogP contribution < -0.4 is 27.4 Å². The van der Waals surface area contributed by atoms with E-state index in [-0.39, 0.29) is 25.0 Å². The highest BCUT2D eigenvalue weighted by molar-refractivity contribution is 6.06. The lowest BCUT2D eigenvalue weighted by atomic mass is 10.0. The maximum Gasteiger partial charge on any atom is 0.325 e. The molecule has 1 saturated heterocycles. The fraction of sp³-hybridized carbons (Fsp3) is 0.684. The standard InChI is InChI=1S/C19H33N7O6/c1-10(2)7-11(3)23-16(30)13(8-15(28)29)24-14(27)9-26-17(31)12(25-19(26)32)5-4-6-22-18(20)21/h10-13H,4-9H2,1-3H3,(H,23,30)(H,24,27)(H,25,32)(H,28,29)(H4,20,21,22)/t11?,12-,13-/m0/s1. The molecule has 0 aromatic rings. The second kappa shape index (κ2) is 12.5. The van der Waals surface area contributed by atoms with E-state index in [9.17, 15) is 24.0 Å². The van der Waals surface area contributed by atoms with Crippen molar-refractivity contribution in [3.63, 3.8) is 0 Å². The van der Waals surface area contributed by atoms with Crippen molar-refractivity contribution in [2.45, 2.75) is 64.6 Å². The van der Waals surface area contributed by atoms with Gasteiger partial charge in [-0.3, -0.25) is 29.1 Å². The van der Waals surface area contributed by atoms with E-state index >= 15 is 0 Å². The zero-order valence-electron chi connectivity index (χ0n) is 18.6. The Bertz CT molecular complexity index is 750. The maximum atomic E-state index is 12.4. The maximum absolute atomic E-state index is 12.4. The fourth-order valence-electron chi connectivity index (χ4n) is 3.30. The minimum absolute atomic E-state index is 0.0800. The predicted octanol–water partition coefficient (Wildman–Crippen LogP) is -1.53. The van der Waals surface area contributed by atoms with Gasteiger partial charge in [-0.1, -0.05) is 13.8 Å². The number of urea groups is 1. The summed E-state index contributed by atoms with van der Waals surface area (Å²) in [5.74, 6) is -3.12. The molecule has 1 heterocycles. The van der Waals surface area contributed by atoms with Crippen LogP contribution in [0, 0.1) is 5.92 Å². The van der Waals surface area contributed by atoms with E-state index in [0.717, 1.165) is 4.90 Å². The number of hydrogen-bond donors (Lipinski definition) is 6. The molecule has 0 bridgehead atoms. The average molecular weight is 456 g/mol. The van der Waals surface area contributed by atoms with Gasteiger partial charge in [-0.05, 0) is 32.1 Å². The molecule has 13 nitrogen and oxygen atoms in total. The Balaban J connectivity index is 2.67. The number of aliphatic imine (C=N–C) groups is 1. The van der Waals surface area contributed by atoms with Gasteiger partial charge in [0.1, 0.15) is 18.6 Å². The van der Waals surface area contributed by atoms with Crippen LogP contribution in [0.1, 0.15) is 46.5 Å². The zero-order valence-corrected chi connectivity index (χ0v) is 18.6. The van der Waals surface area contributed by atoms with Crippen LogP contribution in [0.4, 0.5) is 4.79 Å². The van der Waals surface area contributed by atoms with Crippen LogP contribution in [0.3, 0.4) is 0 Å². The van der Waals surface area contributed by atoms with Crippen molar-refractivity contribution >= 4 is 35.7 Å².